The van der Waals surface area contributed by atoms with Gasteiger partial charge in [-0.1, -0.05) is 12.1 Å². The Labute approximate surface area is 116 Å². The molecule has 0 unspecified atom stereocenters. The number of nitriles is 1. The molecule has 0 fully saturated rings. The van der Waals surface area contributed by atoms with E-state index in [4.69, 9.17) is 19.3 Å². The largest absolute Gasteiger partial charge is 0.490 e. The molecule has 1 aromatic carbocycles. The van der Waals surface area contributed by atoms with E-state index in [9.17, 15) is 0 Å². The van der Waals surface area contributed by atoms with Crippen molar-refractivity contribution in [1.82, 2.24) is 10.1 Å². The van der Waals surface area contributed by atoms with Gasteiger partial charge in [-0.3, -0.25) is 0 Å². The van der Waals surface area contributed by atoms with E-state index in [-0.39, 0.29) is 6.61 Å². The molecule has 1 heterocycles. The highest BCUT2D eigenvalue weighted by Gasteiger charge is 2.09. The molecular formula is C14H15N3O3. The number of ether oxygens (including phenoxy) is 2. The van der Waals surface area contributed by atoms with E-state index in [1.165, 1.54) is 0 Å². The summed E-state index contributed by atoms with van der Waals surface area (Å²) in [4.78, 5) is 4.16. The van der Waals surface area contributed by atoms with E-state index in [1.807, 2.05) is 13.8 Å². The summed E-state index contributed by atoms with van der Waals surface area (Å²) in [5.41, 5.74) is 0.522. The number of aryl methyl sites for hydroxylation is 1. The van der Waals surface area contributed by atoms with Gasteiger partial charge >= 0.3 is 0 Å². The fourth-order valence-corrected chi connectivity index (χ4v) is 1.60. The van der Waals surface area contributed by atoms with Crippen molar-refractivity contribution in [2.75, 3.05) is 6.61 Å². The topological polar surface area (TPSA) is 81.2 Å². The second kappa shape index (κ2) is 6.57. The molecule has 6 heteroatoms. The Hall–Kier alpha value is -2.55. The van der Waals surface area contributed by atoms with Crippen molar-refractivity contribution in [1.29, 1.82) is 5.26 Å². The normalized spacial score (nSPS) is 10.1. The standard InChI is InChI=1S/C14H15N3O3/c1-3-14-16-13(17-20-14)9-19-11-6-5-10(8-15)7-12(11)18-4-2/h5-7H,3-4,9H2,1-2H3. The average Bonchev–Trinajstić information content (AvgIpc) is 2.94. The molecule has 0 aliphatic rings. The Bertz CT molecular complexity index is 616. The van der Waals surface area contributed by atoms with Gasteiger partial charge < -0.3 is 14.0 Å². The van der Waals surface area contributed by atoms with E-state index in [0.717, 1.165) is 0 Å². The summed E-state index contributed by atoms with van der Waals surface area (Å²) in [5, 5.41) is 12.7. The summed E-state index contributed by atoms with van der Waals surface area (Å²) in [6.45, 7) is 4.49. The number of rotatable bonds is 6. The zero-order valence-corrected chi connectivity index (χ0v) is 11.4. The van der Waals surface area contributed by atoms with Gasteiger partial charge in [-0.2, -0.15) is 10.2 Å². The maximum atomic E-state index is 8.88. The molecule has 0 radical (unpaired) electrons. The van der Waals surface area contributed by atoms with Crippen LogP contribution in [0.4, 0.5) is 0 Å². The van der Waals surface area contributed by atoms with Gasteiger partial charge in [0, 0.05) is 12.5 Å². The quantitative estimate of drug-likeness (QED) is 0.804. The van der Waals surface area contributed by atoms with Gasteiger partial charge in [-0.25, -0.2) is 0 Å². The molecule has 0 atom stereocenters. The monoisotopic (exact) mass is 273 g/mol. The van der Waals surface area contributed by atoms with Crippen LogP contribution in [0, 0.1) is 11.3 Å². The number of hydrogen-bond acceptors (Lipinski definition) is 6. The second-order valence-corrected chi connectivity index (χ2v) is 3.95. The zero-order valence-electron chi connectivity index (χ0n) is 11.4. The molecule has 2 rings (SSSR count). The first-order valence-corrected chi connectivity index (χ1v) is 6.38. The van der Waals surface area contributed by atoms with Gasteiger partial charge in [0.1, 0.15) is 0 Å². The zero-order chi connectivity index (χ0) is 14.4. The van der Waals surface area contributed by atoms with Gasteiger partial charge in [0.25, 0.3) is 0 Å². The Kier molecular flexibility index (Phi) is 4.56. The first kappa shape index (κ1) is 13.9. The number of aromatic nitrogens is 2. The van der Waals surface area contributed by atoms with Crippen molar-refractivity contribution < 1.29 is 14.0 Å². The van der Waals surface area contributed by atoms with Gasteiger partial charge in [0.2, 0.25) is 11.7 Å². The van der Waals surface area contributed by atoms with Crippen molar-refractivity contribution in [3.63, 3.8) is 0 Å². The van der Waals surface area contributed by atoms with Gasteiger partial charge in [0.15, 0.2) is 18.1 Å². The fourth-order valence-electron chi connectivity index (χ4n) is 1.60. The molecule has 1 aromatic heterocycles. The van der Waals surface area contributed by atoms with Crippen molar-refractivity contribution in [3.05, 3.63) is 35.5 Å². The predicted octanol–water partition coefficient (Wildman–Crippen LogP) is 2.48. The molecule has 20 heavy (non-hydrogen) atoms. The van der Waals surface area contributed by atoms with E-state index < -0.39 is 0 Å². The smallest absolute Gasteiger partial charge is 0.226 e. The lowest BCUT2D eigenvalue weighted by Gasteiger charge is -2.10. The van der Waals surface area contributed by atoms with Gasteiger partial charge in [0.05, 0.1) is 18.2 Å². The van der Waals surface area contributed by atoms with Crippen LogP contribution in [0.1, 0.15) is 31.1 Å². The lowest BCUT2D eigenvalue weighted by atomic mass is 10.2. The van der Waals surface area contributed by atoms with Crippen LogP contribution in [0.3, 0.4) is 0 Å². The van der Waals surface area contributed by atoms with Crippen LogP contribution in [-0.2, 0) is 13.0 Å². The molecular weight excluding hydrogens is 258 g/mol. The molecule has 0 aliphatic carbocycles. The molecule has 0 bridgehead atoms. The highest BCUT2D eigenvalue weighted by atomic mass is 16.5. The Balaban J connectivity index is 2.10. The molecule has 0 amide bonds. The lowest BCUT2D eigenvalue weighted by Crippen LogP contribution is -2.01. The summed E-state index contributed by atoms with van der Waals surface area (Å²) in [6, 6.07) is 7.08. The first-order chi connectivity index (χ1) is 9.76. The van der Waals surface area contributed by atoms with Crippen LogP contribution < -0.4 is 9.47 Å². The molecule has 0 N–H and O–H groups in total. The van der Waals surface area contributed by atoms with Gasteiger partial charge in [-0.15, -0.1) is 0 Å². The van der Waals surface area contributed by atoms with E-state index in [2.05, 4.69) is 16.2 Å². The first-order valence-electron chi connectivity index (χ1n) is 6.38. The van der Waals surface area contributed by atoms with Crippen molar-refractivity contribution >= 4 is 0 Å². The SMILES string of the molecule is CCOc1cc(C#N)ccc1OCc1noc(CC)n1. The Morgan fingerprint density at radius 3 is 2.75 bits per heavy atom. The van der Waals surface area contributed by atoms with Crippen LogP contribution >= 0.6 is 0 Å². The Morgan fingerprint density at radius 1 is 1.25 bits per heavy atom. The van der Waals surface area contributed by atoms with Crippen LogP contribution in [0.2, 0.25) is 0 Å². The van der Waals surface area contributed by atoms with E-state index in [1.54, 1.807) is 18.2 Å². The van der Waals surface area contributed by atoms with Crippen molar-refractivity contribution in [3.8, 4) is 17.6 Å². The average molecular weight is 273 g/mol. The van der Waals surface area contributed by atoms with E-state index in [0.29, 0.717) is 41.8 Å². The third kappa shape index (κ3) is 3.26. The molecule has 0 saturated carbocycles. The summed E-state index contributed by atoms with van der Waals surface area (Å²) in [7, 11) is 0. The molecule has 0 saturated heterocycles. The maximum absolute atomic E-state index is 8.88. The minimum absolute atomic E-state index is 0.190. The van der Waals surface area contributed by atoms with Crippen molar-refractivity contribution in [2.24, 2.45) is 0 Å². The summed E-state index contributed by atoms with van der Waals surface area (Å²) in [5.74, 6) is 2.14. The summed E-state index contributed by atoms with van der Waals surface area (Å²) < 4.78 is 16.1. The third-order valence-electron chi connectivity index (χ3n) is 2.54. The highest BCUT2D eigenvalue weighted by molar-refractivity contribution is 5.46. The fraction of sp³-hybridized carbons (Fsp3) is 0.357. The number of hydrogen-bond donors (Lipinski definition) is 0. The molecule has 0 spiro atoms. The molecule has 2 aromatic rings. The minimum Gasteiger partial charge on any atom is -0.490 e. The van der Waals surface area contributed by atoms with E-state index >= 15 is 0 Å². The highest BCUT2D eigenvalue weighted by Crippen LogP contribution is 2.28. The Morgan fingerprint density at radius 2 is 2.10 bits per heavy atom. The van der Waals surface area contributed by atoms with Crippen LogP contribution in [0.25, 0.3) is 0 Å². The number of nitrogens with zero attached hydrogens (tertiary/aromatic N) is 3. The molecule has 6 nitrogen and oxygen atoms in total. The lowest BCUT2D eigenvalue weighted by molar-refractivity contribution is 0.258. The minimum atomic E-state index is 0.190. The molecule has 104 valence electrons. The van der Waals surface area contributed by atoms with Gasteiger partial charge in [-0.05, 0) is 19.1 Å². The summed E-state index contributed by atoms with van der Waals surface area (Å²) >= 11 is 0. The molecule has 0 aliphatic heterocycles. The van der Waals surface area contributed by atoms with Crippen LogP contribution in [0.5, 0.6) is 11.5 Å². The van der Waals surface area contributed by atoms with Crippen molar-refractivity contribution in [2.45, 2.75) is 26.9 Å². The summed E-state index contributed by atoms with van der Waals surface area (Å²) in [6.07, 6.45) is 0.689. The number of benzene rings is 1. The third-order valence-corrected chi connectivity index (χ3v) is 2.54. The predicted molar refractivity (Wildman–Crippen MR) is 70.3 cm³/mol. The van der Waals surface area contributed by atoms with Crippen LogP contribution in [0.15, 0.2) is 22.7 Å². The maximum Gasteiger partial charge on any atom is 0.226 e. The van der Waals surface area contributed by atoms with Crippen LogP contribution in [-0.4, -0.2) is 16.7 Å². The second-order valence-electron chi connectivity index (χ2n) is 3.95.